The predicted octanol–water partition coefficient (Wildman–Crippen LogP) is 3.13. The van der Waals surface area contributed by atoms with Gasteiger partial charge in [-0.05, 0) is 57.4 Å². The van der Waals surface area contributed by atoms with Gasteiger partial charge in [0.1, 0.15) is 5.60 Å². The van der Waals surface area contributed by atoms with Gasteiger partial charge in [-0.2, -0.15) is 0 Å². The molecule has 2 rings (SSSR count). The summed E-state index contributed by atoms with van der Waals surface area (Å²) in [6.45, 7) is 5.25. The average molecular weight is 341 g/mol. The second kappa shape index (κ2) is 6.02. The molecule has 1 aliphatic rings. The highest BCUT2D eigenvalue weighted by Gasteiger charge is 2.51. The molecule has 0 atom stereocenters. The van der Waals surface area contributed by atoms with Gasteiger partial charge in [0.15, 0.2) is 0 Å². The normalized spacial score (nSPS) is 23.8. The minimum absolute atomic E-state index is 0.181. The first-order chi connectivity index (χ1) is 10.5. The number of rotatable bonds is 3. The number of nitrogens with one attached hydrogen (secondary N) is 1. The third kappa shape index (κ3) is 3.76. The molecule has 0 unspecified atom stereocenters. The number of carbonyl (C=O) groups is 2. The van der Waals surface area contributed by atoms with E-state index < -0.39 is 23.1 Å². The number of anilines is 1. The van der Waals surface area contributed by atoms with Crippen LogP contribution in [-0.4, -0.2) is 28.8 Å². The topological polar surface area (TPSA) is 102 Å². The lowest BCUT2D eigenvalue weighted by molar-refractivity contribution is -0.148. The first-order valence-electron chi connectivity index (χ1n) is 7.32. The van der Waals surface area contributed by atoms with E-state index in [9.17, 15) is 14.7 Å². The summed E-state index contributed by atoms with van der Waals surface area (Å²) in [6, 6.07) is 4.55. The van der Waals surface area contributed by atoms with Gasteiger partial charge >= 0.3 is 12.1 Å². The Morgan fingerprint density at radius 2 is 2.00 bits per heavy atom. The number of carbonyl (C=O) groups excluding carboxylic acids is 1. The molecule has 1 fully saturated rings. The van der Waals surface area contributed by atoms with E-state index in [-0.39, 0.29) is 6.04 Å². The van der Waals surface area contributed by atoms with Crippen LogP contribution in [0.15, 0.2) is 18.2 Å². The zero-order valence-corrected chi connectivity index (χ0v) is 14.1. The third-order valence-corrected chi connectivity index (χ3v) is 4.00. The Hall–Kier alpha value is -1.79. The summed E-state index contributed by atoms with van der Waals surface area (Å²) in [6.07, 6.45) is -0.0533. The molecule has 1 amide bonds. The lowest BCUT2D eigenvalue weighted by Crippen LogP contribution is -2.54. The molecule has 1 saturated carbocycles. The van der Waals surface area contributed by atoms with Crippen LogP contribution in [0.4, 0.5) is 10.5 Å². The largest absolute Gasteiger partial charge is 0.481 e. The molecule has 1 aliphatic carbocycles. The van der Waals surface area contributed by atoms with E-state index in [1.54, 1.807) is 39.0 Å². The maximum atomic E-state index is 12.0. The van der Waals surface area contributed by atoms with Gasteiger partial charge in [0.05, 0.1) is 5.41 Å². The molecule has 6 nitrogen and oxygen atoms in total. The Labute approximate surface area is 139 Å². The van der Waals surface area contributed by atoms with Crippen LogP contribution in [0.25, 0.3) is 0 Å². The number of hydrogen-bond donors (Lipinski definition) is 3. The molecule has 126 valence electrons. The molecule has 1 aromatic rings. The van der Waals surface area contributed by atoms with Gasteiger partial charge in [-0.15, -0.1) is 0 Å². The van der Waals surface area contributed by atoms with Crippen molar-refractivity contribution in [1.82, 2.24) is 0 Å². The summed E-state index contributed by atoms with van der Waals surface area (Å²) >= 11 is 6.02. The summed E-state index contributed by atoms with van der Waals surface area (Å²) in [5, 5.41) is 12.7. The van der Waals surface area contributed by atoms with Crippen LogP contribution in [0.3, 0.4) is 0 Å². The van der Waals surface area contributed by atoms with E-state index >= 15 is 0 Å². The average Bonchev–Trinajstić information content (AvgIpc) is 2.34. The quantitative estimate of drug-likeness (QED) is 0.784. The zero-order chi connectivity index (χ0) is 17.4. The second-order valence-corrected chi connectivity index (χ2v) is 7.31. The van der Waals surface area contributed by atoms with Gasteiger partial charge in [-0.3, -0.25) is 10.1 Å². The van der Waals surface area contributed by atoms with E-state index in [2.05, 4.69) is 5.32 Å². The Morgan fingerprint density at radius 3 is 2.48 bits per heavy atom. The molecule has 0 heterocycles. The fourth-order valence-corrected chi connectivity index (χ4v) is 2.95. The van der Waals surface area contributed by atoms with E-state index in [0.29, 0.717) is 29.1 Å². The number of halogens is 1. The summed E-state index contributed by atoms with van der Waals surface area (Å²) in [5.74, 6) is -0.978. The summed E-state index contributed by atoms with van der Waals surface area (Å²) in [5.41, 5.74) is 4.83. The lowest BCUT2D eigenvalue weighted by atomic mass is 9.61. The van der Waals surface area contributed by atoms with Crippen LogP contribution in [0, 0.1) is 0 Å². The van der Waals surface area contributed by atoms with Crippen LogP contribution in [0.5, 0.6) is 0 Å². The van der Waals surface area contributed by atoms with E-state index in [4.69, 9.17) is 22.1 Å². The third-order valence-electron chi connectivity index (χ3n) is 3.76. The number of carboxylic acid groups (broad SMARTS) is 1. The highest BCUT2D eigenvalue weighted by molar-refractivity contribution is 6.30. The molecule has 7 heteroatoms. The number of amides is 1. The van der Waals surface area contributed by atoms with Gasteiger partial charge in [0.2, 0.25) is 0 Å². The maximum absolute atomic E-state index is 12.0. The van der Waals surface area contributed by atoms with Crippen LogP contribution in [0.2, 0.25) is 5.02 Å². The molecule has 0 saturated heterocycles. The number of aliphatic carboxylic acids is 1. The molecule has 0 radical (unpaired) electrons. The fraction of sp³-hybridized carbons (Fsp3) is 0.500. The van der Waals surface area contributed by atoms with E-state index in [0.717, 1.165) is 0 Å². The fourth-order valence-electron chi connectivity index (χ4n) is 2.78. The Morgan fingerprint density at radius 1 is 1.39 bits per heavy atom. The lowest BCUT2D eigenvalue weighted by Gasteiger charge is -2.43. The van der Waals surface area contributed by atoms with Crippen LogP contribution in [-0.2, 0) is 14.9 Å². The van der Waals surface area contributed by atoms with Crippen molar-refractivity contribution in [1.29, 1.82) is 0 Å². The molecule has 0 aromatic heterocycles. The van der Waals surface area contributed by atoms with Crippen LogP contribution < -0.4 is 11.1 Å². The van der Waals surface area contributed by atoms with Crippen molar-refractivity contribution in [2.45, 2.75) is 50.7 Å². The molecule has 4 N–H and O–H groups in total. The first-order valence-corrected chi connectivity index (χ1v) is 7.70. The second-order valence-electron chi connectivity index (χ2n) is 6.87. The monoisotopic (exact) mass is 340 g/mol. The maximum Gasteiger partial charge on any atom is 0.412 e. The minimum atomic E-state index is -1.13. The minimum Gasteiger partial charge on any atom is -0.481 e. The van der Waals surface area contributed by atoms with Gasteiger partial charge < -0.3 is 15.6 Å². The Bertz CT molecular complexity index is 633. The van der Waals surface area contributed by atoms with E-state index in [1.807, 2.05) is 0 Å². The van der Waals surface area contributed by atoms with Crippen molar-refractivity contribution in [3.63, 3.8) is 0 Å². The highest BCUT2D eigenvalue weighted by atomic mass is 35.5. The first kappa shape index (κ1) is 17.6. The van der Waals surface area contributed by atoms with Crippen molar-refractivity contribution in [3.8, 4) is 0 Å². The number of benzene rings is 1. The van der Waals surface area contributed by atoms with Crippen molar-refractivity contribution in [3.05, 3.63) is 28.8 Å². The van der Waals surface area contributed by atoms with Gasteiger partial charge in [0.25, 0.3) is 0 Å². The predicted molar refractivity (Wildman–Crippen MR) is 87.8 cm³/mol. The van der Waals surface area contributed by atoms with Crippen molar-refractivity contribution < 1.29 is 19.4 Å². The van der Waals surface area contributed by atoms with Gasteiger partial charge in [-0.25, -0.2) is 4.79 Å². The van der Waals surface area contributed by atoms with Crippen LogP contribution in [0.1, 0.15) is 39.2 Å². The summed E-state index contributed by atoms with van der Waals surface area (Å²) < 4.78 is 5.22. The number of carboxylic acids is 1. The molecule has 0 aliphatic heterocycles. The molecule has 0 spiro atoms. The zero-order valence-electron chi connectivity index (χ0n) is 13.4. The SMILES string of the molecule is CC(C)(C)OC(=O)Nc1ccc(Cl)cc1C1(C(=O)O)CC(N)C1. The Kier molecular flexibility index (Phi) is 4.59. The number of ether oxygens (including phenoxy) is 1. The molecule has 1 aromatic carbocycles. The molecule has 23 heavy (non-hydrogen) atoms. The van der Waals surface area contributed by atoms with Crippen molar-refractivity contribution in [2.75, 3.05) is 5.32 Å². The smallest absolute Gasteiger partial charge is 0.412 e. The number of hydrogen-bond acceptors (Lipinski definition) is 4. The molecular formula is C16H21ClN2O4. The van der Waals surface area contributed by atoms with Gasteiger partial charge in [-0.1, -0.05) is 11.6 Å². The number of nitrogens with two attached hydrogens (primary N) is 1. The van der Waals surface area contributed by atoms with Crippen molar-refractivity contribution in [2.24, 2.45) is 5.73 Å². The molecular weight excluding hydrogens is 320 g/mol. The van der Waals surface area contributed by atoms with Crippen LogP contribution >= 0.6 is 11.6 Å². The van der Waals surface area contributed by atoms with E-state index in [1.165, 1.54) is 0 Å². The highest BCUT2D eigenvalue weighted by Crippen LogP contribution is 2.47. The standard InChI is InChI=1S/C16H21ClN2O4/c1-15(2,3)23-14(22)19-12-5-4-9(17)6-11(12)16(13(20)21)7-10(18)8-16/h4-6,10H,7-8,18H2,1-3H3,(H,19,22)(H,20,21). The van der Waals surface area contributed by atoms with Gasteiger partial charge in [0, 0.05) is 16.8 Å². The summed E-state index contributed by atoms with van der Waals surface area (Å²) in [4.78, 5) is 23.8. The Balaban J connectivity index is 2.35. The summed E-state index contributed by atoms with van der Waals surface area (Å²) in [7, 11) is 0. The van der Waals surface area contributed by atoms with Crippen molar-refractivity contribution >= 4 is 29.4 Å². The molecule has 0 bridgehead atoms.